The van der Waals surface area contributed by atoms with Gasteiger partial charge >= 0.3 is 6.03 Å². The molecule has 3 aromatic rings. The number of nitrogens with zero attached hydrogens (tertiary/aromatic N) is 2. The van der Waals surface area contributed by atoms with E-state index in [0.29, 0.717) is 26.3 Å². The predicted molar refractivity (Wildman–Crippen MR) is 140 cm³/mol. The van der Waals surface area contributed by atoms with E-state index in [2.05, 4.69) is 58.7 Å². The second kappa shape index (κ2) is 10.6. The number of hydrogen-bond acceptors (Lipinski definition) is 4. The summed E-state index contributed by atoms with van der Waals surface area (Å²) in [5.41, 5.74) is 5.12. The lowest BCUT2D eigenvalue weighted by atomic mass is 9.95. The summed E-state index contributed by atoms with van der Waals surface area (Å²) >= 11 is 3.67. The third-order valence-corrected chi connectivity index (χ3v) is 8.89. The van der Waals surface area contributed by atoms with Crippen LogP contribution >= 0.6 is 23.1 Å². The van der Waals surface area contributed by atoms with Gasteiger partial charge < -0.3 is 19.5 Å². The van der Waals surface area contributed by atoms with Crippen LogP contribution in [-0.4, -0.2) is 41.5 Å². The molecule has 0 saturated carbocycles. The van der Waals surface area contributed by atoms with Crippen LogP contribution in [0.4, 0.5) is 4.79 Å². The van der Waals surface area contributed by atoms with Crippen molar-refractivity contribution in [1.82, 2.24) is 14.8 Å². The second-order valence-corrected chi connectivity index (χ2v) is 10.8. The molecule has 0 unspecified atom stereocenters. The number of amides is 2. The Labute approximate surface area is 210 Å². The van der Waals surface area contributed by atoms with Gasteiger partial charge in [0.15, 0.2) is 0 Å². The average Bonchev–Trinajstić information content (AvgIpc) is 3.46. The highest BCUT2D eigenvalue weighted by molar-refractivity contribution is 7.98. The van der Waals surface area contributed by atoms with Crippen LogP contribution in [0.5, 0.6) is 0 Å². The summed E-state index contributed by atoms with van der Waals surface area (Å²) in [7, 11) is 0. The Morgan fingerprint density at radius 3 is 2.79 bits per heavy atom. The van der Waals surface area contributed by atoms with Crippen molar-refractivity contribution in [3.63, 3.8) is 0 Å². The summed E-state index contributed by atoms with van der Waals surface area (Å²) in [4.78, 5) is 18.5. The minimum Gasteiger partial charge on any atom is -0.382 e. The monoisotopic (exact) mass is 495 g/mol. The minimum atomic E-state index is -0.142. The van der Waals surface area contributed by atoms with Crippen LogP contribution in [0.25, 0.3) is 5.00 Å². The molecule has 0 fully saturated rings. The number of benzene rings is 1. The zero-order chi connectivity index (χ0) is 23.5. The first-order chi connectivity index (χ1) is 16.7. The third kappa shape index (κ3) is 4.53. The van der Waals surface area contributed by atoms with E-state index < -0.39 is 0 Å². The largest absolute Gasteiger partial charge is 0.382 e. The molecule has 0 radical (unpaired) electrons. The van der Waals surface area contributed by atoms with Crippen LogP contribution in [0, 0.1) is 0 Å². The average molecular weight is 496 g/mol. The third-order valence-electron chi connectivity index (χ3n) is 6.82. The number of urea groups is 1. The fraction of sp³-hybridized carbons (Fsp3) is 0.444. The van der Waals surface area contributed by atoms with Gasteiger partial charge in [0.1, 0.15) is 5.00 Å². The highest BCUT2D eigenvalue weighted by atomic mass is 32.2. The van der Waals surface area contributed by atoms with Crippen LogP contribution < -0.4 is 5.32 Å². The number of fused-ring (bicyclic) bond motifs is 5. The Balaban J connectivity index is 1.54. The minimum absolute atomic E-state index is 0.00759. The maximum atomic E-state index is 13.7. The van der Waals surface area contributed by atoms with Gasteiger partial charge in [0.25, 0.3) is 0 Å². The predicted octanol–water partition coefficient (Wildman–Crippen LogP) is 6.18. The van der Waals surface area contributed by atoms with E-state index in [4.69, 9.17) is 4.74 Å². The fourth-order valence-corrected chi connectivity index (χ4v) is 6.95. The van der Waals surface area contributed by atoms with Crippen molar-refractivity contribution in [2.75, 3.05) is 26.0 Å². The number of carbonyl (C=O) groups is 1. The molecule has 1 atom stereocenters. The van der Waals surface area contributed by atoms with Gasteiger partial charge in [-0.15, -0.1) is 23.1 Å². The Morgan fingerprint density at radius 1 is 1.18 bits per heavy atom. The molecule has 5 rings (SSSR count). The highest BCUT2D eigenvalue weighted by Gasteiger charge is 2.35. The zero-order valence-electron chi connectivity index (χ0n) is 20.0. The maximum Gasteiger partial charge on any atom is 0.318 e. The molecule has 0 saturated heterocycles. The van der Waals surface area contributed by atoms with Gasteiger partial charge in [0, 0.05) is 41.3 Å². The zero-order valence-corrected chi connectivity index (χ0v) is 21.6. The second-order valence-electron chi connectivity index (χ2n) is 8.88. The smallest absolute Gasteiger partial charge is 0.318 e. The van der Waals surface area contributed by atoms with Gasteiger partial charge in [-0.25, -0.2) is 4.79 Å². The first-order valence-electron chi connectivity index (χ1n) is 12.3. The van der Waals surface area contributed by atoms with Gasteiger partial charge in [0.2, 0.25) is 0 Å². The highest BCUT2D eigenvalue weighted by Crippen LogP contribution is 2.44. The Bertz CT molecular complexity index is 1140. The number of aromatic nitrogens is 1. The molecule has 1 aliphatic heterocycles. The lowest BCUT2D eigenvalue weighted by Crippen LogP contribution is -2.42. The lowest BCUT2D eigenvalue weighted by Gasteiger charge is -2.31. The summed E-state index contributed by atoms with van der Waals surface area (Å²) in [5, 5.41) is 4.48. The molecule has 3 heterocycles. The number of hydrogen-bond donors (Lipinski definition) is 1. The topological polar surface area (TPSA) is 46.5 Å². The standard InChI is InChI=1S/C27H33N3O2S2/c1-3-32-17-7-15-28-27(31)30-18-22-21-8-4-5-10-24(21)34-26(22)29-16-6-9-23(29)25(30)19-11-13-20(33-2)14-12-19/h6,9,11-14,16,25H,3-5,7-8,10,15,17-18H2,1-2H3,(H,28,31)/t25-/m1/s1. The van der Waals surface area contributed by atoms with Crippen molar-refractivity contribution in [3.8, 4) is 5.00 Å². The van der Waals surface area contributed by atoms with Crippen molar-refractivity contribution >= 4 is 29.1 Å². The maximum absolute atomic E-state index is 13.7. The summed E-state index contributed by atoms with van der Waals surface area (Å²) in [5.74, 6) is 0. The van der Waals surface area contributed by atoms with Crippen LogP contribution in [0.3, 0.4) is 0 Å². The first kappa shape index (κ1) is 23.5. The number of aryl methyl sites for hydroxylation is 1. The van der Waals surface area contributed by atoms with Gasteiger partial charge in [-0.2, -0.15) is 0 Å². The number of rotatable bonds is 7. The molecule has 34 heavy (non-hydrogen) atoms. The van der Waals surface area contributed by atoms with E-state index in [1.54, 1.807) is 11.8 Å². The van der Waals surface area contributed by atoms with E-state index >= 15 is 0 Å². The SMILES string of the molecule is CCOCCCNC(=O)N1Cc2c(sc3c2CCCC3)-n2cccc2[C@H]1c1ccc(SC)cc1. The number of ether oxygens (including phenoxy) is 1. The lowest BCUT2D eigenvalue weighted by molar-refractivity contribution is 0.143. The van der Waals surface area contributed by atoms with Gasteiger partial charge in [-0.05, 0) is 80.7 Å². The first-order valence-corrected chi connectivity index (χ1v) is 14.3. The van der Waals surface area contributed by atoms with Crippen molar-refractivity contribution in [1.29, 1.82) is 0 Å². The van der Waals surface area contributed by atoms with E-state index in [9.17, 15) is 4.79 Å². The van der Waals surface area contributed by atoms with Crippen molar-refractivity contribution < 1.29 is 9.53 Å². The Hall–Kier alpha value is -2.22. The molecule has 180 valence electrons. The quantitative estimate of drug-likeness (QED) is 0.314. The molecule has 2 aliphatic rings. The van der Waals surface area contributed by atoms with Crippen molar-refractivity contribution in [3.05, 3.63) is 69.9 Å². The molecular weight excluding hydrogens is 462 g/mol. The van der Waals surface area contributed by atoms with E-state index in [0.717, 1.165) is 30.5 Å². The summed E-state index contributed by atoms with van der Waals surface area (Å²) in [6, 6.07) is 12.8. The van der Waals surface area contributed by atoms with Crippen LogP contribution in [0.1, 0.15) is 59.5 Å². The molecule has 1 aromatic carbocycles. The van der Waals surface area contributed by atoms with E-state index in [-0.39, 0.29) is 12.1 Å². The van der Waals surface area contributed by atoms with Gasteiger partial charge in [-0.3, -0.25) is 0 Å². The van der Waals surface area contributed by atoms with Gasteiger partial charge in [-0.1, -0.05) is 12.1 Å². The molecule has 2 aromatic heterocycles. The molecule has 5 nitrogen and oxygen atoms in total. The van der Waals surface area contributed by atoms with Gasteiger partial charge in [0.05, 0.1) is 18.3 Å². The Kier molecular flexibility index (Phi) is 7.32. The Morgan fingerprint density at radius 2 is 2.00 bits per heavy atom. The molecule has 0 bridgehead atoms. The molecule has 0 spiro atoms. The number of carbonyl (C=O) groups excluding carboxylic acids is 1. The van der Waals surface area contributed by atoms with Crippen LogP contribution in [0.2, 0.25) is 0 Å². The van der Waals surface area contributed by atoms with Crippen LogP contribution in [-0.2, 0) is 24.1 Å². The molecule has 1 N–H and O–H groups in total. The summed E-state index contributed by atoms with van der Waals surface area (Å²) < 4.78 is 7.80. The summed E-state index contributed by atoms with van der Waals surface area (Å²) in [6.45, 7) is 4.62. The molecule has 7 heteroatoms. The number of thiophene rings is 1. The van der Waals surface area contributed by atoms with Crippen molar-refractivity contribution in [2.24, 2.45) is 0 Å². The molecule has 2 amide bonds. The number of thioether (sulfide) groups is 1. The van der Waals surface area contributed by atoms with E-state index in [1.165, 1.54) is 38.7 Å². The van der Waals surface area contributed by atoms with E-state index in [1.807, 2.05) is 23.2 Å². The van der Waals surface area contributed by atoms with Crippen molar-refractivity contribution in [2.45, 2.75) is 56.5 Å². The fourth-order valence-electron chi connectivity index (χ4n) is 5.14. The normalized spacial score (nSPS) is 17.0. The summed E-state index contributed by atoms with van der Waals surface area (Å²) in [6.07, 6.45) is 9.85. The number of nitrogens with one attached hydrogen (secondary N) is 1. The molecular formula is C27H33N3O2S2. The molecule has 1 aliphatic carbocycles. The van der Waals surface area contributed by atoms with Crippen LogP contribution in [0.15, 0.2) is 47.5 Å².